The summed E-state index contributed by atoms with van der Waals surface area (Å²) in [7, 11) is 0. The van der Waals surface area contributed by atoms with E-state index < -0.39 is 18.1 Å². The second-order valence-corrected chi connectivity index (χ2v) is 5.54. The van der Waals surface area contributed by atoms with Crippen LogP contribution in [0, 0.1) is 5.41 Å². The Balaban J connectivity index is 3.85. The predicted molar refractivity (Wildman–Crippen MR) is 73.0 cm³/mol. The molecule has 0 fully saturated rings. The van der Waals surface area contributed by atoms with Gasteiger partial charge >= 0.3 is 12.0 Å². The summed E-state index contributed by atoms with van der Waals surface area (Å²) in [6.45, 7) is 6.53. The maximum absolute atomic E-state index is 11.4. The van der Waals surface area contributed by atoms with E-state index in [0.29, 0.717) is 6.54 Å². The highest BCUT2D eigenvalue weighted by atomic mass is 16.4. The Morgan fingerprint density at radius 2 is 1.84 bits per heavy atom. The molecule has 6 nitrogen and oxygen atoms in total. The van der Waals surface area contributed by atoms with E-state index in [1.807, 2.05) is 0 Å². The lowest BCUT2D eigenvalue weighted by molar-refractivity contribution is -0.146. The first kappa shape index (κ1) is 17.7. The molecule has 0 aliphatic rings. The lowest BCUT2D eigenvalue weighted by Gasteiger charge is -2.25. The quantitative estimate of drug-likeness (QED) is 0.477. The fraction of sp³-hybridized carbons (Fsp3) is 0.846. The summed E-state index contributed by atoms with van der Waals surface area (Å²) in [5.41, 5.74) is 0.0118. The number of hydrogen-bond acceptors (Lipinski definition) is 3. The maximum atomic E-state index is 11.4. The summed E-state index contributed by atoms with van der Waals surface area (Å²) in [5, 5.41) is 22.5. The minimum atomic E-state index is -1.57. The average Bonchev–Trinajstić information content (AvgIpc) is 2.33. The molecular formula is C13H26N2O4. The van der Waals surface area contributed by atoms with Gasteiger partial charge in [-0.05, 0) is 11.8 Å². The number of unbranched alkanes of at least 4 members (excludes halogenated alkanes) is 2. The van der Waals surface area contributed by atoms with Gasteiger partial charge in [0.1, 0.15) is 0 Å². The summed E-state index contributed by atoms with van der Waals surface area (Å²) in [5.74, 6) is -1.35. The van der Waals surface area contributed by atoms with E-state index in [2.05, 4.69) is 31.4 Å². The molecule has 2 amide bonds. The van der Waals surface area contributed by atoms with E-state index in [1.54, 1.807) is 0 Å². The molecule has 6 heteroatoms. The van der Waals surface area contributed by atoms with Crippen molar-refractivity contribution in [2.75, 3.05) is 13.1 Å². The topological polar surface area (TPSA) is 98.7 Å². The molecular weight excluding hydrogens is 248 g/mol. The fourth-order valence-corrected chi connectivity index (χ4v) is 1.60. The summed E-state index contributed by atoms with van der Waals surface area (Å²) >= 11 is 0. The number of hydrogen-bond donors (Lipinski definition) is 4. The summed E-state index contributed by atoms with van der Waals surface area (Å²) < 4.78 is 0. The Morgan fingerprint density at radius 3 is 2.37 bits per heavy atom. The van der Waals surface area contributed by atoms with Crippen LogP contribution in [0.25, 0.3) is 0 Å². The van der Waals surface area contributed by atoms with Gasteiger partial charge in [-0.3, -0.25) is 0 Å². The zero-order chi connectivity index (χ0) is 14.9. The highest BCUT2D eigenvalue weighted by Gasteiger charge is 2.19. The summed E-state index contributed by atoms with van der Waals surface area (Å²) in [6.07, 6.45) is 2.93. The fourth-order valence-electron chi connectivity index (χ4n) is 1.60. The molecule has 0 aliphatic carbocycles. The number of aliphatic carboxylic acids is 1. The number of aliphatic hydroxyl groups is 1. The van der Waals surface area contributed by atoms with E-state index in [1.165, 1.54) is 6.42 Å². The Bertz CT molecular complexity index is 292. The normalized spacial score (nSPS) is 12.8. The minimum absolute atomic E-state index is 0.0118. The molecule has 1 atom stereocenters. The van der Waals surface area contributed by atoms with Crippen LogP contribution in [0.5, 0.6) is 0 Å². The molecule has 0 heterocycles. The molecule has 0 unspecified atom stereocenters. The number of rotatable bonds is 9. The van der Waals surface area contributed by atoms with Crippen LogP contribution in [0.3, 0.4) is 0 Å². The van der Waals surface area contributed by atoms with Crippen LogP contribution in [0.1, 0.15) is 46.5 Å². The zero-order valence-electron chi connectivity index (χ0n) is 12.0. The second kappa shape index (κ2) is 8.74. The smallest absolute Gasteiger partial charge is 0.334 e. The third-order valence-corrected chi connectivity index (χ3v) is 2.93. The van der Waals surface area contributed by atoms with Crippen LogP contribution in [-0.2, 0) is 4.79 Å². The standard InChI is InChI=1S/C13H26N2O4/c1-4-5-6-7-13(2,3)9-15-12(19)14-8-10(16)11(17)18/h10,16H,4-9H2,1-3H3,(H,17,18)(H2,14,15,19)/t10-/m0/s1. The van der Waals surface area contributed by atoms with Gasteiger partial charge in [-0.15, -0.1) is 0 Å². The third kappa shape index (κ3) is 9.30. The number of carbonyl (C=O) groups is 2. The van der Waals surface area contributed by atoms with Gasteiger partial charge < -0.3 is 20.8 Å². The number of urea groups is 1. The number of carbonyl (C=O) groups excluding carboxylic acids is 1. The highest BCUT2D eigenvalue weighted by Crippen LogP contribution is 2.22. The maximum Gasteiger partial charge on any atom is 0.334 e. The molecule has 0 saturated heterocycles. The first-order valence-corrected chi connectivity index (χ1v) is 6.71. The van der Waals surface area contributed by atoms with Gasteiger partial charge in [-0.2, -0.15) is 0 Å². The largest absolute Gasteiger partial charge is 0.479 e. The molecule has 0 aromatic rings. The molecule has 112 valence electrons. The van der Waals surface area contributed by atoms with E-state index in [9.17, 15) is 9.59 Å². The van der Waals surface area contributed by atoms with E-state index in [0.717, 1.165) is 19.3 Å². The van der Waals surface area contributed by atoms with Crippen LogP contribution in [0.4, 0.5) is 4.79 Å². The van der Waals surface area contributed by atoms with Crippen LogP contribution < -0.4 is 10.6 Å². The summed E-state index contributed by atoms with van der Waals surface area (Å²) in [4.78, 5) is 21.8. The van der Waals surface area contributed by atoms with Crippen LogP contribution in [0.15, 0.2) is 0 Å². The molecule has 4 N–H and O–H groups in total. The molecule has 0 aromatic heterocycles. The van der Waals surface area contributed by atoms with Crippen molar-refractivity contribution in [2.24, 2.45) is 5.41 Å². The zero-order valence-corrected chi connectivity index (χ0v) is 12.0. The second-order valence-electron chi connectivity index (χ2n) is 5.54. The van der Waals surface area contributed by atoms with Crippen molar-refractivity contribution in [3.8, 4) is 0 Å². The molecule has 0 rings (SSSR count). The number of carboxylic acid groups (broad SMARTS) is 1. The Labute approximate surface area is 114 Å². The molecule has 0 aliphatic heterocycles. The van der Waals surface area contributed by atoms with Gasteiger partial charge in [-0.1, -0.05) is 40.0 Å². The van der Waals surface area contributed by atoms with Crippen molar-refractivity contribution in [1.82, 2.24) is 10.6 Å². The lowest BCUT2D eigenvalue weighted by Crippen LogP contribution is -2.44. The van der Waals surface area contributed by atoms with Crippen LogP contribution in [0.2, 0.25) is 0 Å². The molecule has 0 bridgehead atoms. The molecule has 0 aromatic carbocycles. The number of carboxylic acids is 1. The molecule has 0 saturated carbocycles. The molecule has 19 heavy (non-hydrogen) atoms. The molecule has 0 radical (unpaired) electrons. The lowest BCUT2D eigenvalue weighted by atomic mass is 9.87. The predicted octanol–water partition coefficient (Wildman–Crippen LogP) is 1.34. The van der Waals surface area contributed by atoms with Gasteiger partial charge in [0.25, 0.3) is 0 Å². The minimum Gasteiger partial charge on any atom is -0.479 e. The van der Waals surface area contributed by atoms with Crippen LogP contribution >= 0.6 is 0 Å². The van der Waals surface area contributed by atoms with Crippen molar-refractivity contribution in [3.63, 3.8) is 0 Å². The Morgan fingerprint density at radius 1 is 1.21 bits per heavy atom. The van der Waals surface area contributed by atoms with Crippen molar-refractivity contribution < 1.29 is 19.8 Å². The van der Waals surface area contributed by atoms with Crippen molar-refractivity contribution in [1.29, 1.82) is 0 Å². The van der Waals surface area contributed by atoms with Crippen molar-refractivity contribution in [2.45, 2.75) is 52.6 Å². The van der Waals surface area contributed by atoms with Crippen LogP contribution in [-0.4, -0.2) is 41.4 Å². The third-order valence-electron chi connectivity index (χ3n) is 2.93. The Kier molecular flexibility index (Phi) is 8.14. The average molecular weight is 274 g/mol. The van der Waals surface area contributed by atoms with Crippen molar-refractivity contribution >= 4 is 12.0 Å². The Hall–Kier alpha value is -1.30. The number of amides is 2. The van der Waals surface area contributed by atoms with E-state index >= 15 is 0 Å². The first-order valence-electron chi connectivity index (χ1n) is 6.71. The van der Waals surface area contributed by atoms with Gasteiger partial charge in [0.2, 0.25) is 0 Å². The summed E-state index contributed by atoms with van der Waals surface area (Å²) in [6, 6.07) is -0.455. The first-order chi connectivity index (χ1) is 8.78. The number of aliphatic hydroxyl groups excluding tert-OH is 1. The van der Waals surface area contributed by atoms with E-state index in [4.69, 9.17) is 10.2 Å². The van der Waals surface area contributed by atoms with E-state index in [-0.39, 0.29) is 12.0 Å². The van der Waals surface area contributed by atoms with Gasteiger partial charge in [0.15, 0.2) is 6.10 Å². The molecule has 0 spiro atoms. The van der Waals surface area contributed by atoms with Crippen molar-refractivity contribution in [3.05, 3.63) is 0 Å². The van der Waals surface area contributed by atoms with Gasteiger partial charge in [-0.25, -0.2) is 9.59 Å². The van der Waals surface area contributed by atoms with Gasteiger partial charge in [0.05, 0.1) is 6.54 Å². The van der Waals surface area contributed by atoms with Gasteiger partial charge in [0, 0.05) is 6.54 Å². The number of nitrogens with one attached hydrogen (secondary N) is 2. The SMILES string of the molecule is CCCCCC(C)(C)CNC(=O)NC[C@H](O)C(=O)O. The monoisotopic (exact) mass is 274 g/mol. The highest BCUT2D eigenvalue weighted by molar-refractivity contribution is 5.76.